The van der Waals surface area contributed by atoms with Crippen LogP contribution in [0.15, 0.2) is 0 Å². The first-order valence-corrected chi connectivity index (χ1v) is 28.8. The van der Waals surface area contributed by atoms with E-state index in [0.29, 0.717) is 63.7 Å². The number of carbonyl (C=O) groups excluding carboxylic acids is 2. The summed E-state index contributed by atoms with van der Waals surface area (Å²) in [4.78, 5) is 34.4. The highest BCUT2D eigenvalue weighted by Crippen LogP contribution is 2.71. The zero-order chi connectivity index (χ0) is 57.5. The second kappa shape index (κ2) is 26.5. The molecule has 0 amide bonds. The van der Waals surface area contributed by atoms with Gasteiger partial charge in [0.05, 0.1) is 38.4 Å². The van der Waals surface area contributed by atoms with Gasteiger partial charge in [0.1, 0.15) is 0 Å². The van der Waals surface area contributed by atoms with Gasteiger partial charge in [-0.15, -0.1) is 0 Å². The Morgan fingerprint density at radius 3 is 0.701 bits per heavy atom. The number of rotatable bonds is 32. The number of carbonyl (C=O) groups is 2. The van der Waals surface area contributed by atoms with Crippen molar-refractivity contribution in [2.24, 2.45) is 22.2 Å². The molecule has 77 heavy (non-hydrogen) atoms. The molecule has 0 spiro atoms. The van der Waals surface area contributed by atoms with Gasteiger partial charge in [0.2, 0.25) is 0 Å². The van der Waals surface area contributed by atoms with Crippen LogP contribution in [-0.4, -0.2) is 366 Å². The summed E-state index contributed by atoms with van der Waals surface area (Å²) in [5.74, 6) is -0.549. The first kappa shape index (κ1) is 67.1. The maximum Gasteiger partial charge on any atom is 0.152 e. The molecule has 52 heteroatoms. The molecule has 7 fully saturated rings. The van der Waals surface area contributed by atoms with E-state index in [2.05, 4.69) is 0 Å². The van der Waals surface area contributed by atoms with Crippen LogP contribution in [0.1, 0.15) is 57.8 Å². The van der Waals surface area contributed by atoms with Crippen molar-refractivity contribution in [3.8, 4) is 0 Å². The minimum atomic E-state index is -1.47. The Balaban J connectivity index is 1.43. The molecule has 5 heterocycles. The molecule has 0 aromatic rings. The lowest BCUT2D eigenvalue weighted by Crippen LogP contribution is -2.65. The van der Waals surface area contributed by atoms with Gasteiger partial charge < -0.3 is 0 Å². The standard InChI is InChI=1S/C25H34B50O2/c26-56(27)66(46)71(61(36)37)51-9-16(51)4-23(5-17-10-52(17)72(62(38)39)67(47)57(28)29)14-24(6-18-11-53(18)73(63(40)41)68(48)58(30)31,7-19-12-54(19)74(64(42)43)69(49)59(32)33)22(77)25(21(23)76,3-15-1-2-15)8-20-13-55(20)75(65(44)45)70(50)60(34)35/h15-20H,1-14H2. The zero-order valence-electron chi connectivity index (χ0n) is 45.5. The Morgan fingerprint density at radius 1 is 0.312 bits per heavy atom. The molecule has 50 radical (unpaired) electrons. The fraction of sp³-hybridized carbons (Fsp3) is 0.920. The number of hydrogen-bond acceptors (Lipinski definition) is 2. The largest absolute Gasteiger partial charge is 0.298 e. The van der Waals surface area contributed by atoms with Crippen LogP contribution in [0, 0.1) is 22.2 Å². The summed E-state index contributed by atoms with van der Waals surface area (Å²) in [6.07, 6.45) is -7.37. The lowest BCUT2D eigenvalue weighted by molar-refractivity contribution is -0.168. The van der Waals surface area contributed by atoms with Gasteiger partial charge in [-0.1, -0.05) is 73.5 Å². The monoisotopic (exact) mass is 917 g/mol. The van der Waals surface area contributed by atoms with Crippen LogP contribution in [0.5, 0.6) is 0 Å². The van der Waals surface area contributed by atoms with Crippen molar-refractivity contribution < 1.29 is 9.59 Å². The summed E-state index contributed by atoms with van der Waals surface area (Å²) in [5, 5.41) is 0. The molecule has 5 unspecified atom stereocenters. The predicted octanol–water partition coefficient (Wildman–Crippen LogP) is -12.3. The molecular formula is C25H34B50O2. The van der Waals surface area contributed by atoms with E-state index in [1.807, 2.05) is 0 Å². The van der Waals surface area contributed by atoms with Gasteiger partial charge in [-0.3, -0.25) is 9.59 Å². The fourth-order valence-electron chi connectivity index (χ4n) is 16.8. The topological polar surface area (TPSA) is 34.1 Å². The second-order valence-electron chi connectivity index (χ2n) is 27.0. The fourth-order valence-corrected chi connectivity index (χ4v) is 16.8. The van der Waals surface area contributed by atoms with E-state index in [1.54, 1.807) is 0 Å². The summed E-state index contributed by atoms with van der Waals surface area (Å²) in [7, 11) is 161. The minimum Gasteiger partial charge on any atom is -0.298 e. The summed E-state index contributed by atoms with van der Waals surface area (Å²) in [6.45, 7) is -0.649. The highest BCUT2D eigenvalue weighted by Gasteiger charge is 2.72. The summed E-state index contributed by atoms with van der Waals surface area (Å²) in [5.41, 5.74) is -3.73. The maximum absolute atomic E-state index is 17.2. The minimum absolute atomic E-state index is 0.0644. The normalized spacial score (nSPS) is 27.3. The van der Waals surface area contributed by atoms with Gasteiger partial charge in [-0.05, 0) is 50.9 Å². The average Bonchev–Trinajstić information content (AvgIpc) is 4.07. The molecule has 5 saturated heterocycles. The molecular weight excluding hydrogens is 873 g/mol. The lowest BCUT2D eigenvalue weighted by atomic mass is 8.57. The van der Waals surface area contributed by atoms with E-state index >= 15 is 9.59 Å². The Hall–Kier alpha value is 2.59. The van der Waals surface area contributed by atoms with E-state index in [-0.39, 0.29) is 92.4 Å². The van der Waals surface area contributed by atoms with Crippen LogP contribution in [-0.2, 0) is 9.59 Å². The molecule has 0 aromatic carbocycles. The van der Waals surface area contributed by atoms with E-state index in [9.17, 15) is 0 Å². The Labute approximate surface area is 511 Å². The molecule has 7 rings (SSSR count). The van der Waals surface area contributed by atoms with Crippen molar-refractivity contribution in [3.63, 3.8) is 0 Å². The molecule has 0 aromatic heterocycles. The quantitative estimate of drug-likeness (QED) is 0.0498. The van der Waals surface area contributed by atoms with E-state index in [0.717, 1.165) is 12.8 Å². The van der Waals surface area contributed by atoms with E-state index in [1.165, 1.54) is 0 Å². The van der Waals surface area contributed by atoms with Gasteiger partial charge in [0.15, 0.2) is 11.6 Å². The Morgan fingerprint density at radius 2 is 0.519 bits per heavy atom. The first-order valence-electron chi connectivity index (χ1n) is 28.8. The molecule has 2 saturated carbocycles. The molecule has 0 N–H and O–H groups in total. The predicted molar refractivity (Wildman–Crippen MR) is 393 cm³/mol. The third kappa shape index (κ3) is 15.0. The highest BCUT2D eigenvalue weighted by molar-refractivity contribution is 8.04. The molecule has 5 atom stereocenters. The SMILES string of the molecule is [B]B([B])B([B])B(B([B])[B])B1CC1CC1(CC2CB2B(B([B])[B])B([B])B([B])[B])CC(CC2CB2B(B([B])[B])B([B])B([B])[B])(CC2CB2B(B([B])[B])B([B])B([B])[B])C(=O)C(CC2CC2)(CC2CB2B(B([B])[B])B([B])B([B])[B])C1=O. The van der Waals surface area contributed by atoms with Gasteiger partial charge in [-0.25, -0.2) is 0 Å². The maximum atomic E-state index is 17.2. The number of hydrogen-bond donors (Lipinski definition) is 0. The van der Waals surface area contributed by atoms with E-state index < -0.39 is 144 Å². The van der Waals surface area contributed by atoms with Gasteiger partial charge >= 0.3 is 0 Å². The van der Waals surface area contributed by atoms with Crippen molar-refractivity contribution in [1.29, 1.82) is 0 Å². The molecule has 296 valence electrons. The van der Waals surface area contributed by atoms with Crippen molar-refractivity contribution in [2.75, 3.05) is 0 Å². The van der Waals surface area contributed by atoms with Crippen LogP contribution in [0.2, 0.25) is 60.7 Å². The summed E-state index contributed by atoms with van der Waals surface area (Å²) < 4.78 is 0. The lowest BCUT2D eigenvalue weighted by Gasteiger charge is -2.56. The zero-order valence-corrected chi connectivity index (χ0v) is 45.5. The van der Waals surface area contributed by atoms with Crippen LogP contribution in [0.3, 0.4) is 0 Å². The Bertz CT molecular complexity index is 1800. The van der Waals surface area contributed by atoms with Crippen LogP contribution >= 0.6 is 0 Å². The second-order valence-corrected chi connectivity index (χ2v) is 27.0. The van der Waals surface area contributed by atoms with Crippen LogP contribution < -0.4 is 0 Å². The third-order valence-corrected chi connectivity index (χ3v) is 21.1. The molecule has 2 aliphatic carbocycles. The summed E-state index contributed by atoms with van der Waals surface area (Å²) in [6, 6.07) is 0. The summed E-state index contributed by atoms with van der Waals surface area (Å²) >= 11 is 0. The Kier molecular flexibility index (Phi) is 23.1. The van der Waals surface area contributed by atoms with Gasteiger partial charge in [0, 0.05) is 332 Å². The molecule has 7 aliphatic rings. The third-order valence-electron chi connectivity index (χ3n) is 21.1. The molecule has 2 nitrogen and oxygen atoms in total. The number of ketones is 2. The first-order chi connectivity index (χ1) is 35.8. The molecule has 5 aliphatic heterocycles. The van der Waals surface area contributed by atoms with Crippen molar-refractivity contribution in [3.05, 3.63) is 0 Å². The molecule has 0 bridgehead atoms. The number of Topliss-reactive ketones (excluding diaryl/α,β-unsaturated/α-hetero) is 2. The van der Waals surface area contributed by atoms with Gasteiger partial charge in [0.25, 0.3) is 0 Å². The van der Waals surface area contributed by atoms with Gasteiger partial charge in [-0.2, -0.15) is 0 Å². The van der Waals surface area contributed by atoms with Crippen molar-refractivity contribution >= 4 is 366 Å². The smallest absolute Gasteiger partial charge is 0.152 e. The average molecular weight is 907 g/mol. The van der Waals surface area contributed by atoms with Crippen molar-refractivity contribution in [1.82, 2.24) is 0 Å². The highest BCUT2D eigenvalue weighted by atomic mass is 16.2. The van der Waals surface area contributed by atoms with Crippen LogP contribution in [0.4, 0.5) is 0 Å². The van der Waals surface area contributed by atoms with Crippen molar-refractivity contribution in [2.45, 2.75) is 118 Å². The van der Waals surface area contributed by atoms with E-state index in [4.69, 9.17) is 193 Å². The van der Waals surface area contributed by atoms with Crippen LogP contribution in [0.25, 0.3) is 0 Å².